The molecule has 0 fully saturated rings. The summed E-state index contributed by atoms with van der Waals surface area (Å²) in [6.07, 6.45) is 0. The van der Waals surface area contributed by atoms with Gasteiger partial charge in [0, 0.05) is 24.4 Å². The van der Waals surface area contributed by atoms with Gasteiger partial charge in [0.2, 0.25) is 0 Å². The molecule has 105 valence electrons. The normalized spacial score (nSPS) is 10.8. The molecule has 0 aromatic heterocycles. The molecule has 0 saturated carbocycles. The Balaban J connectivity index is 0.00000176. The summed E-state index contributed by atoms with van der Waals surface area (Å²) in [5, 5.41) is 3.33. The zero-order chi connectivity index (χ0) is 14.8. The minimum atomic E-state index is 0. The molecule has 0 bridgehead atoms. The summed E-state index contributed by atoms with van der Waals surface area (Å²) in [7, 11) is 0.173. The van der Waals surface area contributed by atoms with E-state index in [-0.39, 0.29) is 33.0 Å². The van der Waals surface area contributed by atoms with Crippen molar-refractivity contribution < 1.29 is 4.79 Å². The molecule has 3 rings (SSSR count). The van der Waals surface area contributed by atoms with E-state index in [0.29, 0.717) is 0 Å². The van der Waals surface area contributed by atoms with Crippen LogP contribution in [0.15, 0.2) is 60.7 Å². The first-order valence-corrected chi connectivity index (χ1v) is 8.02. The molecule has 1 nitrogen and oxygen atoms in total. The molecule has 1 radical (unpaired) electrons. The van der Waals surface area contributed by atoms with Gasteiger partial charge in [0.1, 0.15) is 0 Å². The van der Waals surface area contributed by atoms with Crippen LogP contribution in [-0.2, 0) is 0 Å². The van der Waals surface area contributed by atoms with E-state index in [2.05, 4.69) is 25.1 Å². The Morgan fingerprint density at radius 3 is 2.27 bits per heavy atom. The van der Waals surface area contributed by atoms with Crippen molar-refractivity contribution >= 4 is 49.0 Å². The van der Waals surface area contributed by atoms with Crippen molar-refractivity contribution in [3.63, 3.8) is 0 Å². The summed E-state index contributed by atoms with van der Waals surface area (Å²) in [6.45, 7) is 4.10. The molecule has 3 heteroatoms. The average Bonchev–Trinajstić information content (AvgIpc) is 2.49. The first-order chi connectivity index (χ1) is 10.2. The zero-order valence-corrected chi connectivity index (χ0v) is 14.2. The van der Waals surface area contributed by atoms with Crippen LogP contribution in [0.1, 0.15) is 21.5 Å². The van der Waals surface area contributed by atoms with Crippen molar-refractivity contribution in [2.45, 2.75) is 13.8 Å². The Bertz CT molecular complexity index is 812. The summed E-state index contributed by atoms with van der Waals surface area (Å²) in [6, 6.07) is 20.3. The minimum Gasteiger partial charge on any atom is -0.289 e. The predicted molar refractivity (Wildman–Crippen MR) is 97.9 cm³/mol. The van der Waals surface area contributed by atoms with Crippen LogP contribution in [0.4, 0.5) is 0 Å². The van der Waals surface area contributed by atoms with Crippen molar-refractivity contribution in [2.75, 3.05) is 0 Å². The number of rotatable bonds is 3. The molecular formula is C19H17LiOP. The molecule has 0 N–H and O–H groups in total. The van der Waals surface area contributed by atoms with Crippen molar-refractivity contribution in [1.82, 2.24) is 0 Å². The van der Waals surface area contributed by atoms with Crippen LogP contribution in [0, 0.1) is 13.8 Å². The smallest absolute Gasteiger partial charge is 0.186 e. The van der Waals surface area contributed by atoms with Gasteiger partial charge >= 0.3 is 0 Å². The SMILES string of the molecule is Cc1ccc2cccc(C)c2c1C(=O)Pc1ccccc1.[Li]. The van der Waals surface area contributed by atoms with E-state index in [0.717, 1.165) is 32.8 Å². The molecule has 0 heterocycles. The molecule has 0 aliphatic rings. The van der Waals surface area contributed by atoms with Gasteiger partial charge in [-0.15, -0.1) is 0 Å². The van der Waals surface area contributed by atoms with Gasteiger partial charge in [-0.05, 0) is 49.6 Å². The summed E-state index contributed by atoms with van der Waals surface area (Å²) >= 11 is 0. The largest absolute Gasteiger partial charge is 0.289 e. The standard InChI is InChI=1S/C19H17OP.Li/c1-13-7-6-8-15-12-11-14(2)18(17(13)15)19(20)21-16-9-4-3-5-10-16;/h3-12,21H,1-2H3;. The van der Waals surface area contributed by atoms with Gasteiger partial charge < -0.3 is 0 Å². The molecular weight excluding hydrogens is 282 g/mol. The average molecular weight is 299 g/mol. The fraction of sp³-hybridized carbons (Fsp3) is 0.105. The van der Waals surface area contributed by atoms with Crippen LogP contribution in [0.25, 0.3) is 10.8 Å². The molecule has 1 atom stereocenters. The maximum Gasteiger partial charge on any atom is 0.186 e. The molecule has 3 aromatic carbocycles. The first-order valence-electron chi connectivity index (χ1n) is 7.02. The second kappa shape index (κ2) is 7.25. The van der Waals surface area contributed by atoms with Gasteiger partial charge in [0.05, 0.1) is 0 Å². The summed E-state index contributed by atoms with van der Waals surface area (Å²) in [5.41, 5.74) is 3.33. The molecule has 22 heavy (non-hydrogen) atoms. The molecule has 0 spiro atoms. The van der Waals surface area contributed by atoms with Crippen LogP contribution in [-0.4, -0.2) is 24.4 Å². The Morgan fingerprint density at radius 2 is 1.55 bits per heavy atom. The van der Waals surface area contributed by atoms with Gasteiger partial charge in [-0.25, -0.2) is 0 Å². The zero-order valence-electron chi connectivity index (χ0n) is 13.2. The number of hydrogen-bond acceptors (Lipinski definition) is 1. The third-order valence-electron chi connectivity index (χ3n) is 3.72. The van der Waals surface area contributed by atoms with E-state index in [1.807, 2.05) is 49.4 Å². The number of benzene rings is 3. The van der Waals surface area contributed by atoms with Crippen LogP contribution in [0.3, 0.4) is 0 Å². The Hall–Kier alpha value is -1.38. The van der Waals surface area contributed by atoms with E-state index in [9.17, 15) is 4.79 Å². The topological polar surface area (TPSA) is 17.1 Å². The van der Waals surface area contributed by atoms with Crippen molar-refractivity contribution in [3.05, 3.63) is 77.4 Å². The fourth-order valence-electron chi connectivity index (χ4n) is 2.67. The number of aryl methyl sites for hydroxylation is 2. The monoisotopic (exact) mass is 299 g/mol. The molecule has 0 aliphatic heterocycles. The Morgan fingerprint density at radius 1 is 0.818 bits per heavy atom. The van der Waals surface area contributed by atoms with Crippen molar-refractivity contribution in [3.8, 4) is 0 Å². The van der Waals surface area contributed by atoms with E-state index in [1.54, 1.807) is 0 Å². The summed E-state index contributed by atoms with van der Waals surface area (Å²) in [5.74, 6) is 0. The third-order valence-corrected chi connectivity index (χ3v) is 4.82. The van der Waals surface area contributed by atoms with Gasteiger partial charge in [0.15, 0.2) is 5.52 Å². The second-order valence-corrected chi connectivity index (χ2v) is 6.53. The van der Waals surface area contributed by atoms with E-state index < -0.39 is 0 Å². The van der Waals surface area contributed by atoms with Crippen LogP contribution < -0.4 is 5.30 Å². The maximum atomic E-state index is 12.8. The maximum absolute atomic E-state index is 12.8. The molecule has 0 saturated heterocycles. The van der Waals surface area contributed by atoms with Crippen molar-refractivity contribution in [2.24, 2.45) is 0 Å². The van der Waals surface area contributed by atoms with Crippen LogP contribution in [0.5, 0.6) is 0 Å². The Kier molecular flexibility index (Phi) is 5.60. The number of carbonyl (C=O) groups excluding carboxylic acids is 1. The fourth-order valence-corrected chi connectivity index (χ4v) is 3.74. The van der Waals surface area contributed by atoms with Gasteiger partial charge in [-0.2, -0.15) is 0 Å². The van der Waals surface area contributed by atoms with Gasteiger partial charge in [-0.3, -0.25) is 4.79 Å². The van der Waals surface area contributed by atoms with E-state index in [4.69, 9.17) is 0 Å². The second-order valence-electron chi connectivity index (χ2n) is 5.25. The number of fused-ring (bicyclic) bond motifs is 1. The van der Waals surface area contributed by atoms with Gasteiger partial charge in [-0.1, -0.05) is 60.7 Å². The summed E-state index contributed by atoms with van der Waals surface area (Å²) < 4.78 is 0. The van der Waals surface area contributed by atoms with Gasteiger partial charge in [0.25, 0.3) is 0 Å². The predicted octanol–water partition coefficient (Wildman–Crippen LogP) is 4.22. The quantitative estimate of drug-likeness (QED) is 0.523. The van der Waals surface area contributed by atoms with Crippen LogP contribution in [0.2, 0.25) is 0 Å². The minimum absolute atomic E-state index is 0. The number of carbonyl (C=O) groups is 1. The first kappa shape index (κ1) is 17.0. The summed E-state index contributed by atoms with van der Waals surface area (Å²) in [4.78, 5) is 12.8. The molecule has 3 aromatic rings. The molecule has 1 unspecified atom stereocenters. The van der Waals surface area contributed by atoms with Crippen molar-refractivity contribution in [1.29, 1.82) is 0 Å². The Labute approximate surface area is 145 Å². The molecule has 0 aliphatic carbocycles. The molecule has 0 amide bonds. The van der Waals surface area contributed by atoms with Crippen LogP contribution >= 0.6 is 8.58 Å². The van der Waals surface area contributed by atoms with E-state index in [1.165, 1.54) is 0 Å². The number of hydrogen-bond donors (Lipinski definition) is 0. The third kappa shape index (κ3) is 3.34. The van der Waals surface area contributed by atoms with E-state index >= 15 is 0 Å².